The van der Waals surface area contributed by atoms with E-state index in [1.54, 1.807) is 0 Å². The van der Waals surface area contributed by atoms with Gasteiger partial charge in [0.05, 0.1) is 0 Å². The molecule has 1 unspecified atom stereocenters. The van der Waals surface area contributed by atoms with Gasteiger partial charge in [0.1, 0.15) is 0 Å². The van der Waals surface area contributed by atoms with E-state index in [0.717, 1.165) is 6.61 Å². The van der Waals surface area contributed by atoms with Crippen molar-refractivity contribution in [3.8, 4) is 0 Å². The van der Waals surface area contributed by atoms with Crippen molar-refractivity contribution in [2.45, 2.75) is 18.9 Å². The Morgan fingerprint density at radius 1 is 1.44 bits per heavy atom. The van der Waals surface area contributed by atoms with E-state index >= 15 is 0 Å². The van der Waals surface area contributed by atoms with Gasteiger partial charge in [0.2, 0.25) is 9.04 Å². The van der Waals surface area contributed by atoms with E-state index in [9.17, 15) is 0 Å². The van der Waals surface area contributed by atoms with Crippen LogP contribution in [0, 0.1) is 0 Å². The van der Waals surface area contributed by atoms with Gasteiger partial charge in [0, 0.05) is 6.61 Å². The van der Waals surface area contributed by atoms with E-state index in [4.69, 9.17) is 4.43 Å². The third kappa shape index (κ3) is 2.98. The van der Waals surface area contributed by atoms with Crippen molar-refractivity contribution in [3.05, 3.63) is 12.3 Å². The van der Waals surface area contributed by atoms with Gasteiger partial charge in [-0.2, -0.15) is 0 Å². The first-order valence-corrected chi connectivity index (χ1v) is 5.13. The molecule has 1 aliphatic rings. The molecule has 1 rings (SSSR count). The summed E-state index contributed by atoms with van der Waals surface area (Å²) in [4.78, 5) is 0. The summed E-state index contributed by atoms with van der Waals surface area (Å²) in [6.07, 6.45) is 2.63. The van der Waals surface area contributed by atoms with Gasteiger partial charge in [-0.05, 0) is 23.4 Å². The minimum atomic E-state index is -0.841. The average molecular weight is 160 g/mol. The first-order chi connectivity index (χ1) is 3.93. The largest absolute Gasteiger partial charge is 0.416 e. The molecule has 1 fully saturated rings. The van der Waals surface area contributed by atoms with E-state index in [1.807, 2.05) is 5.70 Å². The lowest BCUT2D eigenvalue weighted by atomic mass is 10.4. The van der Waals surface area contributed by atoms with Gasteiger partial charge in [0.25, 0.3) is 0 Å². The zero-order chi connectivity index (χ0) is 5.82. The molecule has 1 aliphatic heterocycles. The van der Waals surface area contributed by atoms with E-state index in [1.165, 1.54) is 18.9 Å². The molecule has 1 atom stereocenters. The van der Waals surface area contributed by atoms with Crippen molar-refractivity contribution >= 4 is 20.0 Å². The first kappa shape index (κ1) is 9.13. The van der Waals surface area contributed by atoms with Gasteiger partial charge in [0.15, 0.2) is 0 Å². The Morgan fingerprint density at radius 3 is 2.56 bits per heavy atom. The summed E-state index contributed by atoms with van der Waals surface area (Å²) >= 11 is 0. The lowest BCUT2D eigenvalue weighted by Gasteiger charge is -2.16. The second-order valence-corrected chi connectivity index (χ2v) is 4.60. The fourth-order valence-electron chi connectivity index (χ4n) is 0.952. The second-order valence-electron chi connectivity index (χ2n) is 2.14. The molecule has 1 nitrogen and oxygen atoms in total. The molecule has 0 aliphatic carbocycles. The Bertz CT molecular complexity index is 79.1. The number of hydrogen-bond donors (Lipinski definition) is 0. The molecular weight excluding hydrogens is 144 g/mol. The van der Waals surface area contributed by atoms with Gasteiger partial charge in [-0.15, -0.1) is 6.58 Å². The number of rotatable bonds is 1. The summed E-state index contributed by atoms with van der Waals surface area (Å²) in [5.41, 5.74) is 2.03. The lowest BCUT2D eigenvalue weighted by molar-refractivity contribution is 0.294. The topological polar surface area (TPSA) is 9.23 Å². The van der Waals surface area contributed by atoms with Gasteiger partial charge >= 0.3 is 0 Å². The molecule has 3 heteroatoms. The molecule has 0 aromatic carbocycles. The highest BCUT2D eigenvalue weighted by atomic mass is 28.3. The molecule has 54 valence electrons. The zero-order valence-corrected chi connectivity index (χ0v) is 6.25. The fourth-order valence-corrected chi connectivity index (χ4v) is 2.65. The van der Waals surface area contributed by atoms with Gasteiger partial charge in [-0.3, -0.25) is 0 Å². The Hall–Kier alpha value is 0.134. The summed E-state index contributed by atoms with van der Waals surface area (Å²) in [6.45, 7) is 4.71. The summed E-state index contributed by atoms with van der Waals surface area (Å²) in [5.74, 6) is 0. The normalized spacial score (nSPS) is 26.4. The smallest absolute Gasteiger partial charge is 0.200 e. The van der Waals surface area contributed by atoms with Crippen LogP contribution in [0.15, 0.2) is 12.3 Å². The lowest BCUT2D eigenvalue weighted by Crippen LogP contribution is -2.20. The molecule has 0 bridgehead atoms. The molecule has 0 N–H and O–H groups in total. The van der Waals surface area contributed by atoms with E-state index in [0.29, 0.717) is 0 Å². The third-order valence-corrected chi connectivity index (χ3v) is 3.64. The summed E-state index contributed by atoms with van der Waals surface area (Å²) < 4.78 is 5.45. The minimum absolute atomic E-state index is 0. The highest BCUT2D eigenvalue weighted by molar-refractivity contribution is 6.57. The van der Waals surface area contributed by atoms with Gasteiger partial charge in [-0.25, -0.2) is 0 Å². The molecule has 0 spiro atoms. The highest BCUT2D eigenvalue weighted by Crippen LogP contribution is 2.10. The van der Waals surface area contributed by atoms with Gasteiger partial charge in [-0.1, -0.05) is 12.1 Å². The van der Waals surface area contributed by atoms with Crippen molar-refractivity contribution in [1.82, 2.24) is 0 Å². The van der Waals surface area contributed by atoms with Crippen LogP contribution in [-0.2, 0) is 4.43 Å². The molecule has 0 aromatic heterocycles. The predicted octanol–water partition coefficient (Wildman–Crippen LogP) is -0.206. The van der Waals surface area contributed by atoms with Crippen molar-refractivity contribution in [1.29, 1.82) is 0 Å². The summed E-state index contributed by atoms with van der Waals surface area (Å²) in [6, 6.07) is 1.31. The molecule has 0 radical (unpaired) electrons. The molecule has 0 amide bonds. The Morgan fingerprint density at radius 2 is 2.22 bits per heavy atom. The average Bonchev–Trinajstić information content (AvgIpc) is 1.90. The van der Waals surface area contributed by atoms with Crippen molar-refractivity contribution in [2.75, 3.05) is 6.61 Å². The standard InChI is InChI=1S/C6H12OSi.H4Si/c1-2-8-6-4-3-5-7-8;/h2,8H,1,3-6H2;1H4. The molecule has 1 saturated heterocycles. The molecule has 0 saturated carbocycles. The summed E-state index contributed by atoms with van der Waals surface area (Å²) in [7, 11) is -0.841. The maximum Gasteiger partial charge on any atom is 0.200 e. The van der Waals surface area contributed by atoms with Crippen LogP contribution in [0.4, 0.5) is 0 Å². The van der Waals surface area contributed by atoms with Gasteiger partial charge < -0.3 is 4.43 Å². The van der Waals surface area contributed by atoms with Crippen molar-refractivity contribution < 1.29 is 4.43 Å². The zero-order valence-electron chi connectivity index (χ0n) is 5.10. The number of hydrogen-bond acceptors (Lipinski definition) is 1. The Labute approximate surface area is 62.9 Å². The van der Waals surface area contributed by atoms with Crippen LogP contribution in [-0.4, -0.2) is 26.6 Å². The molecular formula is C6H16OSi2. The highest BCUT2D eigenvalue weighted by Gasteiger charge is 2.10. The quantitative estimate of drug-likeness (QED) is 0.483. The van der Waals surface area contributed by atoms with Crippen molar-refractivity contribution in [2.24, 2.45) is 0 Å². The van der Waals surface area contributed by atoms with Crippen LogP contribution in [0.25, 0.3) is 0 Å². The van der Waals surface area contributed by atoms with Crippen molar-refractivity contribution in [3.63, 3.8) is 0 Å². The third-order valence-electron chi connectivity index (χ3n) is 1.48. The predicted molar refractivity (Wildman–Crippen MR) is 48.7 cm³/mol. The van der Waals surface area contributed by atoms with Crippen LogP contribution in [0.1, 0.15) is 12.8 Å². The maximum atomic E-state index is 5.45. The van der Waals surface area contributed by atoms with Crippen LogP contribution < -0.4 is 0 Å². The van der Waals surface area contributed by atoms with Crippen LogP contribution >= 0.6 is 0 Å². The van der Waals surface area contributed by atoms with E-state index < -0.39 is 9.04 Å². The Kier molecular flexibility index (Phi) is 5.04. The second kappa shape index (κ2) is 4.96. The molecule has 1 heterocycles. The molecule has 0 aromatic rings. The first-order valence-electron chi connectivity index (χ1n) is 3.17. The Balaban J connectivity index is 0.000000640. The summed E-state index contributed by atoms with van der Waals surface area (Å²) in [5, 5.41) is 0. The van der Waals surface area contributed by atoms with E-state index in [2.05, 4.69) is 6.58 Å². The van der Waals surface area contributed by atoms with Crippen LogP contribution in [0.5, 0.6) is 0 Å². The fraction of sp³-hybridized carbons (Fsp3) is 0.667. The van der Waals surface area contributed by atoms with E-state index in [-0.39, 0.29) is 11.0 Å². The SMILES string of the molecule is C=C[SiH]1CCCCO1.[SiH4]. The van der Waals surface area contributed by atoms with Crippen LogP contribution in [0.2, 0.25) is 6.04 Å². The van der Waals surface area contributed by atoms with Crippen LogP contribution in [0.3, 0.4) is 0 Å². The minimum Gasteiger partial charge on any atom is -0.416 e. The molecule has 9 heavy (non-hydrogen) atoms. The maximum absolute atomic E-state index is 5.45. The monoisotopic (exact) mass is 160 g/mol.